The van der Waals surface area contributed by atoms with Crippen LogP contribution in [0.5, 0.6) is 5.75 Å². The number of carbonyl (C=O) groups is 1. The molecule has 3 rings (SSSR count). The highest BCUT2D eigenvalue weighted by Gasteiger charge is 2.14. The van der Waals surface area contributed by atoms with Crippen LogP contribution in [0.2, 0.25) is 0 Å². The van der Waals surface area contributed by atoms with E-state index in [0.717, 1.165) is 6.07 Å². The summed E-state index contributed by atoms with van der Waals surface area (Å²) in [5.74, 6) is 0.0724. The maximum Gasteiger partial charge on any atom is 0.337 e. The summed E-state index contributed by atoms with van der Waals surface area (Å²) in [5, 5.41) is 8.23. The Morgan fingerprint density at radius 1 is 1.14 bits per heavy atom. The van der Waals surface area contributed by atoms with Crippen LogP contribution in [0.25, 0.3) is 11.0 Å². The molecule has 0 aliphatic rings. The summed E-state index contributed by atoms with van der Waals surface area (Å²) in [7, 11) is -3.77. The largest absolute Gasteiger partial charge is 0.494 e. The predicted molar refractivity (Wildman–Crippen MR) is 103 cm³/mol. The molecule has 0 fully saturated rings. The van der Waals surface area contributed by atoms with Crippen molar-refractivity contribution in [2.75, 3.05) is 6.61 Å². The molecule has 0 saturated carbocycles. The molecular weight excluding hydrogens is 384 g/mol. The van der Waals surface area contributed by atoms with Crippen LogP contribution in [0.4, 0.5) is 0 Å². The number of hydrogen-bond donors (Lipinski definition) is 2. The minimum atomic E-state index is -3.77. The highest BCUT2D eigenvalue weighted by molar-refractivity contribution is 7.89. The topological polar surface area (TPSA) is 129 Å². The number of nitrogens with one attached hydrogen (secondary N) is 1. The molecule has 0 aliphatic carbocycles. The van der Waals surface area contributed by atoms with Crippen molar-refractivity contribution in [1.29, 1.82) is 0 Å². The summed E-state index contributed by atoms with van der Waals surface area (Å²) in [6.45, 7) is 2.43. The van der Waals surface area contributed by atoms with E-state index in [-0.39, 0.29) is 22.6 Å². The first-order chi connectivity index (χ1) is 13.3. The average Bonchev–Trinajstić information content (AvgIpc) is 2.65. The van der Waals surface area contributed by atoms with Crippen LogP contribution in [0.3, 0.4) is 0 Å². The molecular formula is C19H18N2O6S. The number of nitrogens with two attached hydrogens (primary N) is 1. The Balaban J connectivity index is 1.82. The van der Waals surface area contributed by atoms with Crippen LogP contribution in [0.1, 0.15) is 22.8 Å². The monoisotopic (exact) mass is 402 g/mol. The van der Waals surface area contributed by atoms with Gasteiger partial charge in [-0.05, 0) is 36.8 Å². The van der Waals surface area contributed by atoms with Crippen molar-refractivity contribution >= 4 is 26.9 Å². The van der Waals surface area contributed by atoms with Crippen LogP contribution in [0.15, 0.2) is 62.6 Å². The van der Waals surface area contributed by atoms with E-state index >= 15 is 0 Å². The second kappa shape index (κ2) is 7.83. The smallest absolute Gasteiger partial charge is 0.337 e. The van der Waals surface area contributed by atoms with E-state index in [1.807, 2.05) is 6.92 Å². The number of fused-ring (bicyclic) bond motifs is 1. The van der Waals surface area contributed by atoms with Crippen molar-refractivity contribution in [3.63, 3.8) is 0 Å². The van der Waals surface area contributed by atoms with Crippen molar-refractivity contribution in [3.05, 3.63) is 70.1 Å². The third-order valence-corrected chi connectivity index (χ3v) is 4.91. The van der Waals surface area contributed by atoms with Crippen molar-refractivity contribution in [3.8, 4) is 5.75 Å². The molecule has 0 aliphatic heterocycles. The van der Waals surface area contributed by atoms with E-state index in [9.17, 15) is 18.0 Å². The zero-order valence-electron chi connectivity index (χ0n) is 15.0. The highest BCUT2D eigenvalue weighted by atomic mass is 32.2. The van der Waals surface area contributed by atoms with E-state index < -0.39 is 21.6 Å². The quantitative estimate of drug-likeness (QED) is 0.605. The van der Waals surface area contributed by atoms with Crippen LogP contribution in [-0.4, -0.2) is 20.9 Å². The fourth-order valence-electron chi connectivity index (χ4n) is 2.66. The molecule has 0 bridgehead atoms. The van der Waals surface area contributed by atoms with Crippen molar-refractivity contribution in [2.45, 2.75) is 18.4 Å². The number of rotatable bonds is 6. The molecule has 2 aromatic carbocycles. The van der Waals surface area contributed by atoms with Crippen molar-refractivity contribution in [1.82, 2.24) is 5.32 Å². The highest BCUT2D eigenvalue weighted by Crippen LogP contribution is 2.23. The standard InChI is InChI=1S/C19H18N2O6S/c1-2-26-13-5-8-15-16(10-18(22)27-17(15)9-13)19(23)21-11-12-3-6-14(7-4-12)28(20,24)25/h3-10H,2,11H2,1H3,(H,21,23)(H2,20,24,25). The van der Waals surface area contributed by atoms with Gasteiger partial charge in [0.2, 0.25) is 10.0 Å². The summed E-state index contributed by atoms with van der Waals surface area (Å²) >= 11 is 0. The maximum absolute atomic E-state index is 12.6. The Labute approximate surface area is 161 Å². The van der Waals surface area contributed by atoms with E-state index in [4.69, 9.17) is 14.3 Å². The summed E-state index contributed by atoms with van der Waals surface area (Å²) in [6.07, 6.45) is 0. The van der Waals surface area contributed by atoms with Gasteiger partial charge in [0.1, 0.15) is 11.3 Å². The van der Waals surface area contributed by atoms with Crippen molar-refractivity contribution < 1.29 is 22.4 Å². The maximum atomic E-state index is 12.6. The van der Waals surface area contributed by atoms with Gasteiger partial charge in [-0.3, -0.25) is 4.79 Å². The molecule has 0 spiro atoms. The minimum absolute atomic E-state index is 0.0145. The Morgan fingerprint density at radius 3 is 2.50 bits per heavy atom. The van der Waals surface area contributed by atoms with Gasteiger partial charge in [0, 0.05) is 24.1 Å². The fourth-order valence-corrected chi connectivity index (χ4v) is 3.18. The Hall–Kier alpha value is -3.17. The van der Waals surface area contributed by atoms with Gasteiger partial charge >= 0.3 is 5.63 Å². The third-order valence-electron chi connectivity index (χ3n) is 3.98. The Bertz CT molecular complexity index is 1180. The summed E-state index contributed by atoms with van der Waals surface area (Å²) in [6, 6.07) is 11.8. The van der Waals surface area contributed by atoms with Crippen LogP contribution >= 0.6 is 0 Å². The number of ether oxygens (including phenoxy) is 1. The number of sulfonamides is 1. The zero-order valence-corrected chi connectivity index (χ0v) is 15.8. The molecule has 1 amide bonds. The number of amides is 1. The Morgan fingerprint density at radius 2 is 1.86 bits per heavy atom. The summed E-state index contributed by atoms with van der Waals surface area (Å²) < 4.78 is 33.1. The van der Waals surface area contributed by atoms with E-state index in [1.54, 1.807) is 30.3 Å². The van der Waals surface area contributed by atoms with E-state index in [0.29, 0.717) is 23.3 Å². The predicted octanol–water partition coefficient (Wildman–Crippen LogP) is 1.77. The first-order valence-corrected chi connectivity index (χ1v) is 9.93. The first kappa shape index (κ1) is 19.6. The molecule has 0 radical (unpaired) electrons. The normalized spacial score (nSPS) is 11.4. The molecule has 8 nitrogen and oxygen atoms in total. The summed E-state index contributed by atoms with van der Waals surface area (Å²) in [5.41, 5.74) is 0.451. The first-order valence-electron chi connectivity index (χ1n) is 8.38. The van der Waals surface area contributed by atoms with Gasteiger partial charge in [-0.2, -0.15) is 0 Å². The van der Waals surface area contributed by atoms with Gasteiger partial charge in [-0.25, -0.2) is 18.4 Å². The number of hydrogen-bond acceptors (Lipinski definition) is 6. The van der Waals surface area contributed by atoms with Gasteiger partial charge in [0.05, 0.1) is 17.1 Å². The molecule has 1 aromatic heterocycles. The SMILES string of the molecule is CCOc1ccc2c(C(=O)NCc3ccc(S(N)(=O)=O)cc3)cc(=O)oc2c1. The van der Waals surface area contributed by atoms with Gasteiger partial charge < -0.3 is 14.5 Å². The zero-order chi connectivity index (χ0) is 20.3. The molecule has 3 N–H and O–H groups in total. The third kappa shape index (κ3) is 4.38. The van der Waals surface area contributed by atoms with Crippen LogP contribution < -0.4 is 20.8 Å². The van der Waals surface area contributed by atoms with E-state index in [2.05, 4.69) is 5.32 Å². The Kier molecular flexibility index (Phi) is 5.48. The van der Waals surface area contributed by atoms with Crippen molar-refractivity contribution in [2.24, 2.45) is 5.14 Å². The molecule has 28 heavy (non-hydrogen) atoms. The average molecular weight is 402 g/mol. The second-order valence-electron chi connectivity index (χ2n) is 5.94. The lowest BCUT2D eigenvalue weighted by molar-refractivity contribution is 0.0952. The van der Waals surface area contributed by atoms with Gasteiger partial charge in [-0.1, -0.05) is 12.1 Å². The fraction of sp³-hybridized carbons (Fsp3) is 0.158. The van der Waals surface area contributed by atoms with Gasteiger partial charge in [0.25, 0.3) is 5.91 Å². The van der Waals surface area contributed by atoms with Crippen LogP contribution in [0, 0.1) is 0 Å². The molecule has 146 valence electrons. The number of carbonyl (C=O) groups excluding carboxylic acids is 1. The minimum Gasteiger partial charge on any atom is -0.494 e. The molecule has 0 unspecified atom stereocenters. The lowest BCUT2D eigenvalue weighted by Gasteiger charge is -2.09. The number of primary sulfonamides is 1. The second-order valence-corrected chi connectivity index (χ2v) is 7.50. The molecule has 0 saturated heterocycles. The summed E-state index contributed by atoms with van der Waals surface area (Å²) in [4.78, 5) is 24.4. The molecule has 9 heteroatoms. The molecule has 1 heterocycles. The molecule has 3 aromatic rings. The molecule has 0 atom stereocenters. The van der Waals surface area contributed by atoms with Gasteiger partial charge in [-0.15, -0.1) is 0 Å². The lowest BCUT2D eigenvalue weighted by Crippen LogP contribution is -2.24. The lowest BCUT2D eigenvalue weighted by atomic mass is 10.1. The van der Waals surface area contributed by atoms with E-state index in [1.165, 1.54) is 12.1 Å². The number of benzene rings is 2. The van der Waals surface area contributed by atoms with Crippen LogP contribution in [-0.2, 0) is 16.6 Å². The van der Waals surface area contributed by atoms with Gasteiger partial charge in [0.15, 0.2) is 0 Å².